The highest BCUT2D eigenvalue weighted by atomic mass is 16.2. The topological polar surface area (TPSA) is 67.2 Å². The summed E-state index contributed by atoms with van der Waals surface area (Å²) >= 11 is 0. The van der Waals surface area contributed by atoms with Gasteiger partial charge in [-0.1, -0.05) is 13.8 Å². The molecule has 0 aromatic rings. The van der Waals surface area contributed by atoms with Crippen LogP contribution in [0, 0.1) is 11.3 Å². The molecule has 1 saturated carbocycles. The first-order chi connectivity index (χ1) is 8.30. The number of carbonyl (C=O) groups is 1. The zero-order valence-corrected chi connectivity index (χ0v) is 12.3. The molecule has 1 fully saturated rings. The summed E-state index contributed by atoms with van der Waals surface area (Å²) in [6, 6.07) is 0.132. The lowest BCUT2D eigenvalue weighted by Gasteiger charge is -2.36. The molecular formula is C14H29N3O. The maximum Gasteiger partial charge on any atom is 0.315 e. The Balaban J connectivity index is 2.25. The highest BCUT2D eigenvalue weighted by Crippen LogP contribution is 2.38. The number of amides is 2. The van der Waals surface area contributed by atoms with Gasteiger partial charge in [0.05, 0.1) is 0 Å². The Labute approximate surface area is 111 Å². The molecular weight excluding hydrogens is 226 g/mol. The monoisotopic (exact) mass is 255 g/mol. The van der Waals surface area contributed by atoms with E-state index >= 15 is 0 Å². The van der Waals surface area contributed by atoms with Gasteiger partial charge in [0.2, 0.25) is 0 Å². The van der Waals surface area contributed by atoms with Crippen molar-refractivity contribution in [2.75, 3.05) is 6.54 Å². The van der Waals surface area contributed by atoms with Gasteiger partial charge in [-0.15, -0.1) is 0 Å². The van der Waals surface area contributed by atoms with Crippen LogP contribution in [0.25, 0.3) is 0 Å². The Kier molecular flexibility index (Phi) is 5.45. The summed E-state index contributed by atoms with van der Waals surface area (Å²) in [4.78, 5) is 11.5. The van der Waals surface area contributed by atoms with Crippen molar-refractivity contribution in [2.24, 2.45) is 17.1 Å². The normalized spacial score (nSPS) is 21.7. The van der Waals surface area contributed by atoms with Gasteiger partial charge < -0.3 is 16.4 Å². The number of nitrogens with one attached hydrogen (secondary N) is 2. The van der Waals surface area contributed by atoms with E-state index in [4.69, 9.17) is 5.73 Å². The fourth-order valence-electron chi connectivity index (χ4n) is 2.54. The minimum absolute atomic E-state index is 0.0824. The fourth-order valence-corrected chi connectivity index (χ4v) is 2.54. The van der Waals surface area contributed by atoms with E-state index in [0.29, 0.717) is 17.9 Å². The van der Waals surface area contributed by atoms with Crippen LogP contribution < -0.4 is 16.4 Å². The van der Waals surface area contributed by atoms with Crippen LogP contribution in [0.1, 0.15) is 53.4 Å². The molecule has 0 bridgehead atoms. The summed E-state index contributed by atoms with van der Waals surface area (Å²) in [5.74, 6) is 0.553. The van der Waals surface area contributed by atoms with Gasteiger partial charge in [0, 0.05) is 18.6 Å². The number of hydrogen-bond acceptors (Lipinski definition) is 2. The second-order valence-electron chi connectivity index (χ2n) is 6.67. The van der Waals surface area contributed by atoms with Gasteiger partial charge in [-0.2, -0.15) is 0 Å². The molecule has 18 heavy (non-hydrogen) atoms. The lowest BCUT2D eigenvalue weighted by atomic mass is 9.71. The largest absolute Gasteiger partial charge is 0.337 e. The van der Waals surface area contributed by atoms with E-state index in [2.05, 4.69) is 24.5 Å². The van der Waals surface area contributed by atoms with Gasteiger partial charge in [-0.3, -0.25) is 0 Å². The quantitative estimate of drug-likeness (QED) is 0.721. The second kappa shape index (κ2) is 6.41. The molecule has 2 amide bonds. The highest BCUT2D eigenvalue weighted by Gasteiger charge is 2.29. The third kappa shape index (κ3) is 5.25. The first kappa shape index (κ1) is 15.3. The predicted molar refractivity (Wildman–Crippen MR) is 75.4 cm³/mol. The molecule has 0 aromatic heterocycles. The van der Waals surface area contributed by atoms with E-state index in [9.17, 15) is 4.79 Å². The SMILES string of the molecule is CC(C)NC(=O)NCC(N)C1CCC(C)(C)CC1. The molecule has 1 aliphatic carbocycles. The summed E-state index contributed by atoms with van der Waals surface area (Å²) < 4.78 is 0. The van der Waals surface area contributed by atoms with Crippen LogP contribution in [0.3, 0.4) is 0 Å². The zero-order chi connectivity index (χ0) is 13.8. The first-order valence-electron chi connectivity index (χ1n) is 7.10. The molecule has 4 N–H and O–H groups in total. The fraction of sp³-hybridized carbons (Fsp3) is 0.929. The van der Waals surface area contributed by atoms with Gasteiger partial charge in [-0.25, -0.2) is 4.79 Å². The van der Waals surface area contributed by atoms with E-state index in [-0.39, 0.29) is 18.1 Å². The van der Waals surface area contributed by atoms with Crippen LogP contribution in [0.5, 0.6) is 0 Å². The van der Waals surface area contributed by atoms with Crippen molar-refractivity contribution in [1.82, 2.24) is 10.6 Å². The molecule has 1 atom stereocenters. The molecule has 0 spiro atoms. The zero-order valence-electron chi connectivity index (χ0n) is 12.3. The Morgan fingerprint density at radius 2 is 1.89 bits per heavy atom. The molecule has 4 heteroatoms. The van der Waals surface area contributed by atoms with Crippen LogP contribution in [0.4, 0.5) is 4.79 Å². The third-order valence-corrected chi connectivity index (χ3v) is 3.91. The molecule has 0 saturated heterocycles. The van der Waals surface area contributed by atoms with E-state index in [1.54, 1.807) is 0 Å². The molecule has 1 aliphatic rings. The van der Waals surface area contributed by atoms with Crippen molar-refractivity contribution >= 4 is 6.03 Å². The smallest absolute Gasteiger partial charge is 0.315 e. The standard InChI is InChI=1S/C14H29N3O/c1-10(2)17-13(18)16-9-12(15)11-5-7-14(3,4)8-6-11/h10-12H,5-9,15H2,1-4H3,(H2,16,17,18). The lowest BCUT2D eigenvalue weighted by molar-refractivity contribution is 0.171. The van der Waals surface area contributed by atoms with Gasteiger partial charge in [0.25, 0.3) is 0 Å². The van der Waals surface area contributed by atoms with Crippen LogP contribution in [0.15, 0.2) is 0 Å². The average molecular weight is 255 g/mol. The average Bonchev–Trinajstić information content (AvgIpc) is 2.25. The Bertz CT molecular complexity index is 266. The Hall–Kier alpha value is -0.770. The van der Waals surface area contributed by atoms with Gasteiger partial charge in [-0.05, 0) is 50.9 Å². The van der Waals surface area contributed by atoms with Crippen molar-refractivity contribution in [2.45, 2.75) is 65.5 Å². The molecule has 0 heterocycles. The van der Waals surface area contributed by atoms with Crippen LogP contribution in [-0.4, -0.2) is 24.7 Å². The summed E-state index contributed by atoms with van der Waals surface area (Å²) in [7, 11) is 0. The summed E-state index contributed by atoms with van der Waals surface area (Å²) in [5.41, 5.74) is 6.64. The first-order valence-corrected chi connectivity index (χ1v) is 7.10. The number of nitrogens with two attached hydrogens (primary N) is 1. The molecule has 0 aromatic carbocycles. The summed E-state index contributed by atoms with van der Waals surface area (Å²) in [6.45, 7) is 9.11. The number of rotatable bonds is 4. The van der Waals surface area contributed by atoms with Crippen LogP contribution >= 0.6 is 0 Å². The van der Waals surface area contributed by atoms with E-state index < -0.39 is 0 Å². The van der Waals surface area contributed by atoms with Crippen LogP contribution in [0.2, 0.25) is 0 Å². The molecule has 1 rings (SSSR count). The summed E-state index contributed by atoms with van der Waals surface area (Å²) in [5, 5.41) is 5.67. The minimum atomic E-state index is -0.114. The molecule has 1 unspecified atom stereocenters. The van der Waals surface area contributed by atoms with Crippen molar-refractivity contribution in [3.63, 3.8) is 0 Å². The van der Waals surface area contributed by atoms with Crippen molar-refractivity contribution < 1.29 is 4.79 Å². The third-order valence-electron chi connectivity index (χ3n) is 3.91. The second-order valence-corrected chi connectivity index (χ2v) is 6.67. The van der Waals surface area contributed by atoms with Crippen molar-refractivity contribution in [1.29, 1.82) is 0 Å². The van der Waals surface area contributed by atoms with Gasteiger partial charge in [0.1, 0.15) is 0 Å². The molecule has 0 radical (unpaired) electrons. The molecule has 4 nitrogen and oxygen atoms in total. The number of hydrogen-bond donors (Lipinski definition) is 3. The predicted octanol–water partition coefficient (Wildman–Crippen LogP) is 2.24. The number of urea groups is 1. The molecule has 106 valence electrons. The van der Waals surface area contributed by atoms with Crippen molar-refractivity contribution in [3.8, 4) is 0 Å². The maximum atomic E-state index is 11.5. The Morgan fingerprint density at radius 1 is 1.33 bits per heavy atom. The Morgan fingerprint density at radius 3 is 2.39 bits per heavy atom. The summed E-state index contributed by atoms with van der Waals surface area (Å²) in [6.07, 6.45) is 4.84. The van der Waals surface area contributed by atoms with Crippen molar-refractivity contribution in [3.05, 3.63) is 0 Å². The van der Waals surface area contributed by atoms with E-state index in [1.165, 1.54) is 25.7 Å². The minimum Gasteiger partial charge on any atom is -0.337 e. The molecule has 0 aliphatic heterocycles. The van der Waals surface area contributed by atoms with Gasteiger partial charge >= 0.3 is 6.03 Å². The van der Waals surface area contributed by atoms with E-state index in [0.717, 1.165) is 0 Å². The lowest BCUT2D eigenvalue weighted by Crippen LogP contribution is -2.47. The number of carbonyl (C=O) groups excluding carboxylic acids is 1. The highest BCUT2D eigenvalue weighted by molar-refractivity contribution is 5.74. The van der Waals surface area contributed by atoms with Gasteiger partial charge in [0.15, 0.2) is 0 Å². The van der Waals surface area contributed by atoms with Crippen LogP contribution in [-0.2, 0) is 0 Å². The maximum absolute atomic E-state index is 11.5. The van der Waals surface area contributed by atoms with E-state index in [1.807, 2.05) is 13.8 Å².